The Morgan fingerprint density at radius 2 is 0.385 bits per heavy atom. The van der Waals surface area contributed by atoms with Crippen LogP contribution in [0, 0.1) is 0 Å². The van der Waals surface area contributed by atoms with Crippen LogP contribution in [0.5, 0.6) is 0 Å². The Morgan fingerprint density at radius 1 is 0.385 bits per heavy atom. The molecule has 0 amide bonds. The molecule has 0 spiro atoms. The zero-order valence-corrected chi connectivity index (χ0v) is 42.4. The van der Waals surface area contributed by atoms with Crippen LogP contribution in [0.4, 0.5) is 0 Å². The minimum absolute atomic E-state index is 0. The van der Waals surface area contributed by atoms with E-state index in [1.54, 1.807) is 0 Å². The van der Waals surface area contributed by atoms with Gasteiger partial charge in [-0.15, -0.1) is 0 Å². The summed E-state index contributed by atoms with van der Waals surface area (Å²) < 4.78 is 52.0. The summed E-state index contributed by atoms with van der Waals surface area (Å²) in [6.07, 6.45) is 0. The summed E-state index contributed by atoms with van der Waals surface area (Å²) in [6, 6.07) is 0. The topological polar surface area (TPSA) is 138 Å². The van der Waals surface area contributed by atoms with Crippen molar-refractivity contribution in [1.29, 1.82) is 0 Å². The standard InChI is InChI=1S/6Hg.H6O6Te/c;;;;;;1-7(2,3,4,5)6/h;;;;;;1-6H/q6*+1;/p-6. The molecule has 0 aromatic heterocycles. The third kappa shape index (κ3) is 125. The zero-order chi connectivity index (χ0) is 6.41. The molecule has 54 valence electrons. The predicted molar refractivity (Wildman–Crippen MR) is 5.75 cm³/mol. The van der Waals surface area contributed by atoms with Gasteiger partial charge in [0.25, 0.3) is 0 Å². The van der Waals surface area contributed by atoms with Gasteiger partial charge in [0.15, 0.2) is 0 Å². The van der Waals surface area contributed by atoms with Crippen LogP contribution >= 0.6 is 0 Å². The summed E-state index contributed by atoms with van der Waals surface area (Å²) in [4.78, 5) is 0. The van der Waals surface area contributed by atoms with E-state index < -0.39 is 17.9 Å². The monoisotopic (exact) mass is 1440 g/mol. The summed E-state index contributed by atoms with van der Waals surface area (Å²) in [5.41, 5.74) is 0. The van der Waals surface area contributed by atoms with Crippen molar-refractivity contribution in [1.82, 2.24) is 0 Å². The number of rotatable bonds is 0. The van der Waals surface area contributed by atoms with Gasteiger partial charge >= 0.3 is 205 Å². The molecule has 0 heterocycles. The molecule has 0 unspecified atom stereocenters. The maximum atomic E-state index is 8.67. The van der Waals surface area contributed by atoms with Gasteiger partial charge in [-0.2, -0.15) is 0 Å². The van der Waals surface area contributed by atoms with Crippen LogP contribution in [0.2, 0.25) is 0 Å². The first kappa shape index (κ1) is 42.7. The van der Waals surface area contributed by atoms with Crippen LogP contribution in [0.3, 0.4) is 0 Å². The zero-order valence-electron chi connectivity index (χ0n) is 7.10. The Balaban J connectivity index is -0.0000000120. The summed E-state index contributed by atoms with van der Waals surface area (Å²) in [5.74, 6) is 0. The molecule has 0 saturated heterocycles. The molecule has 13 heavy (non-hydrogen) atoms. The van der Waals surface area contributed by atoms with E-state index in [-0.39, 0.29) is 166 Å². The van der Waals surface area contributed by atoms with Crippen molar-refractivity contribution in [3.63, 3.8) is 0 Å². The summed E-state index contributed by atoms with van der Waals surface area (Å²) in [6.45, 7) is 0. The van der Waals surface area contributed by atoms with Gasteiger partial charge in [0.05, 0.1) is 0 Å². The SMILES string of the molecule is [Hg+].[Hg+].[Hg+].[Hg+].[Hg+].[Hg+].[O-][Te]([O-])([O-])([O-])([O-])[O-]. The quantitative estimate of drug-likeness (QED) is 0.222. The first-order valence-corrected chi connectivity index (χ1v) is 6.71. The molecule has 6 radical (unpaired) electrons. The molecule has 0 atom stereocenters. The molecule has 0 aliphatic rings. The van der Waals surface area contributed by atoms with Gasteiger partial charge in [0.1, 0.15) is 0 Å². The molecule has 0 fully saturated rings. The fraction of sp³-hybridized carbons (Fsp3) is 0. The van der Waals surface area contributed by atoms with E-state index in [0.29, 0.717) is 0 Å². The van der Waals surface area contributed by atoms with Crippen LogP contribution in [-0.4, -0.2) is 17.9 Å². The summed E-state index contributed by atoms with van der Waals surface area (Å²) in [7, 11) is 0. The van der Waals surface area contributed by atoms with Crippen LogP contribution in [0.1, 0.15) is 0 Å². The normalized spacial score (nSPS) is 12.5. The van der Waals surface area contributed by atoms with E-state index in [1.165, 1.54) is 0 Å². The Bertz CT molecular complexity index is 75.7. The second-order valence-electron chi connectivity index (χ2n) is 1.02. The molecule has 0 bridgehead atoms. The van der Waals surface area contributed by atoms with Crippen molar-refractivity contribution in [2.45, 2.75) is 0 Å². The van der Waals surface area contributed by atoms with Crippen LogP contribution < -0.4 is 20.8 Å². The average molecular weight is 1430 g/mol. The van der Waals surface area contributed by atoms with Crippen LogP contribution in [0.15, 0.2) is 0 Å². The van der Waals surface area contributed by atoms with Gasteiger partial charge in [0.2, 0.25) is 0 Å². The number of hydrogen-bond acceptors (Lipinski definition) is 6. The predicted octanol–water partition coefficient (Wildman–Crippen LogP) is -7.53. The number of hydrogen-bond donors (Lipinski definition) is 0. The summed E-state index contributed by atoms with van der Waals surface area (Å²) >= 11 is -9.68. The first-order valence-electron chi connectivity index (χ1n) is 1.00. The molecule has 6 nitrogen and oxygen atoms in total. The van der Waals surface area contributed by atoms with Crippen molar-refractivity contribution in [3.8, 4) is 0 Å². The van der Waals surface area contributed by atoms with Gasteiger partial charge in [-0.05, 0) is 0 Å². The first-order chi connectivity index (χ1) is 2.45. The molecule has 0 saturated carbocycles. The van der Waals surface area contributed by atoms with E-state index in [0.717, 1.165) is 0 Å². The second kappa shape index (κ2) is 11.9. The maximum absolute atomic E-state index is 9.68. The Kier molecular flexibility index (Phi) is 39.3. The molecule has 0 aromatic rings. The Labute approximate surface area is 199 Å². The minimum atomic E-state index is -9.68. The Morgan fingerprint density at radius 3 is 0.385 bits per heavy atom. The third-order valence-electron chi connectivity index (χ3n) is 0. The third-order valence-corrected chi connectivity index (χ3v) is 0. The van der Waals surface area contributed by atoms with Crippen molar-refractivity contribution in [2.75, 3.05) is 0 Å². The molecule has 0 aliphatic heterocycles. The van der Waals surface area contributed by atoms with Crippen molar-refractivity contribution < 1.29 is 187 Å². The van der Waals surface area contributed by atoms with Crippen molar-refractivity contribution >= 4 is 17.9 Å². The molecule has 0 aliphatic carbocycles. The van der Waals surface area contributed by atoms with E-state index in [9.17, 15) is 0 Å². The molecule has 0 aromatic carbocycles. The van der Waals surface area contributed by atoms with Gasteiger partial charge in [0, 0.05) is 0 Å². The van der Waals surface area contributed by atoms with E-state index in [2.05, 4.69) is 0 Å². The van der Waals surface area contributed by atoms with E-state index in [1.807, 2.05) is 0 Å². The van der Waals surface area contributed by atoms with Crippen LogP contribution in [0.25, 0.3) is 0 Å². The second-order valence-corrected chi connectivity index (χ2v) is 6.85. The molecular weight excluding hydrogens is 1430 g/mol. The molecule has 13 heteroatoms. The summed E-state index contributed by atoms with van der Waals surface area (Å²) in [5, 5.41) is 0. The van der Waals surface area contributed by atoms with E-state index >= 15 is 0 Å². The van der Waals surface area contributed by atoms with Gasteiger partial charge in [-0.25, -0.2) is 0 Å². The Hall–Kier alpha value is 6.16. The molecular formula is Hg6O6Te. The van der Waals surface area contributed by atoms with Gasteiger partial charge in [-0.1, -0.05) is 0 Å². The van der Waals surface area contributed by atoms with E-state index in [4.69, 9.17) is 20.8 Å². The fourth-order valence-electron chi connectivity index (χ4n) is 0. The van der Waals surface area contributed by atoms with Gasteiger partial charge in [-0.3, -0.25) is 0 Å². The van der Waals surface area contributed by atoms with Gasteiger partial charge < -0.3 is 0 Å². The van der Waals surface area contributed by atoms with Crippen LogP contribution in [-0.2, 0) is 166 Å². The van der Waals surface area contributed by atoms with Crippen molar-refractivity contribution in [2.24, 2.45) is 0 Å². The fourth-order valence-corrected chi connectivity index (χ4v) is 0. The molecule has 0 N–H and O–H groups in total. The average Bonchev–Trinajstić information content (AvgIpc) is 0.592. The van der Waals surface area contributed by atoms with Crippen molar-refractivity contribution in [3.05, 3.63) is 0 Å². The molecule has 0 rings (SSSR count).